The van der Waals surface area contributed by atoms with Crippen molar-refractivity contribution in [3.05, 3.63) is 24.3 Å². The Balaban J connectivity index is 0.00000480. The van der Waals surface area contributed by atoms with Gasteiger partial charge in [-0.05, 0) is 77.4 Å². The minimum atomic E-state index is 0. The number of likely N-dealkylation sites (N-methyl/N-ethyl adjacent to an activating group) is 1. The Labute approximate surface area is 205 Å². The number of rotatable bonds is 14. The molecule has 1 saturated carbocycles. The first-order valence-corrected chi connectivity index (χ1v) is 11.0. The number of guanidine groups is 1. The Morgan fingerprint density at radius 2 is 1.84 bits per heavy atom. The summed E-state index contributed by atoms with van der Waals surface area (Å²) in [5.41, 5.74) is 0.988. The minimum absolute atomic E-state index is 0. The van der Waals surface area contributed by atoms with E-state index in [-0.39, 0.29) is 30.1 Å². The molecule has 1 aliphatic carbocycles. The van der Waals surface area contributed by atoms with Crippen molar-refractivity contribution in [3.63, 3.8) is 0 Å². The number of nitrogens with zero attached hydrogens (tertiary/aromatic N) is 2. The lowest BCUT2D eigenvalue weighted by Gasteiger charge is -2.23. The van der Waals surface area contributed by atoms with Crippen LogP contribution in [0.4, 0.5) is 5.69 Å². The molecule has 31 heavy (non-hydrogen) atoms. The van der Waals surface area contributed by atoms with Crippen molar-refractivity contribution >= 4 is 35.6 Å². The molecule has 0 saturated heterocycles. The molecule has 1 aromatic carbocycles. The maximum Gasteiger partial charge on any atom is 0.195 e. The summed E-state index contributed by atoms with van der Waals surface area (Å²) in [5.74, 6) is 2.44. The molecule has 178 valence electrons. The fourth-order valence-electron chi connectivity index (χ4n) is 3.19. The van der Waals surface area contributed by atoms with E-state index in [9.17, 15) is 0 Å². The Hall–Kier alpha value is -1.10. The molecule has 0 radical (unpaired) electrons. The van der Waals surface area contributed by atoms with Crippen LogP contribution < -0.4 is 15.4 Å². The summed E-state index contributed by atoms with van der Waals surface area (Å²) in [4.78, 5) is 7.17. The predicted octanol–water partition coefficient (Wildman–Crippen LogP) is 3.84. The molecule has 8 heteroatoms. The van der Waals surface area contributed by atoms with Crippen molar-refractivity contribution in [1.29, 1.82) is 0 Å². The number of ether oxygens (including phenoxy) is 3. The van der Waals surface area contributed by atoms with Gasteiger partial charge in [-0.15, -0.1) is 24.0 Å². The highest BCUT2D eigenvalue weighted by atomic mass is 127. The lowest BCUT2D eigenvalue weighted by Crippen LogP contribution is -2.36. The van der Waals surface area contributed by atoms with Gasteiger partial charge in [0.05, 0.1) is 25.9 Å². The molecule has 0 amide bonds. The molecule has 2 N–H and O–H groups in total. The summed E-state index contributed by atoms with van der Waals surface area (Å²) in [5, 5.41) is 6.87. The number of benzene rings is 1. The Morgan fingerprint density at radius 1 is 1.13 bits per heavy atom. The van der Waals surface area contributed by atoms with Gasteiger partial charge in [-0.2, -0.15) is 0 Å². The second kappa shape index (κ2) is 15.7. The largest absolute Gasteiger partial charge is 0.491 e. The van der Waals surface area contributed by atoms with Gasteiger partial charge in [-0.25, -0.2) is 0 Å². The van der Waals surface area contributed by atoms with Crippen molar-refractivity contribution in [2.45, 2.75) is 45.3 Å². The average molecular weight is 549 g/mol. The van der Waals surface area contributed by atoms with E-state index in [1.165, 1.54) is 12.8 Å². The molecular weight excluding hydrogens is 507 g/mol. The Morgan fingerprint density at radius 3 is 2.42 bits per heavy atom. The van der Waals surface area contributed by atoms with E-state index in [1.807, 2.05) is 38.1 Å². The maximum atomic E-state index is 5.73. The van der Waals surface area contributed by atoms with Gasteiger partial charge in [0, 0.05) is 32.0 Å². The van der Waals surface area contributed by atoms with Crippen LogP contribution in [0.25, 0.3) is 0 Å². The first kappa shape index (κ1) is 27.9. The summed E-state index contributed by atoms with van der Waals surface area (Å²) in [6, 6.07) is 8.50. The van der Waals surface area contributed by atoms with E-state index in [1.54, 1.807) is 7.11 Å². The van der Waals surface area contributed by atoms with Crippen molar-refractivity contribution in [1.82, 2.24) is 10.2 Å². The van der Waals surface area contributed by atoms with Crippen molar-refractivity contribution < 1.29 is 14.2 Å². The number of aliphatic imine (C=N–C) groups is 1. The van der Waals surface area contributed by atoms with E-state index in [4.69, 9.17) is 19.2 Å². The SMILES string of the molecule is COCCOCCCNC(=NCC(C1CC1)N(C)C)Nc1ccc(OC(C)C)cc1.I. The monoisotopic (exact) mass is 548 g/mol. The number of nitrogens with one attached hydrogen (secondary N) is 2. The van der Waals surface area contributed by atoms with Gasteiger partial charge in [-0.3, -0.25) is 4.99 Å². The third-order valence-electron chi connectivity index (χ3n) is 4.94. The third-order valence-corrected chi connectivity index (χ3v) is 4.94. The second-order valence-electron chi connectivity index (χ2n) is 8.26. The molecule has 0 heterocycles. The van der Waals surface area contributed by atoms with Gasteiger partial charge in [0.2, 0.25) is 0 Å². The summed E-state index contributed by atoms with van der Waals surface area (Å²) in [7, 11) is 5.97. The zero-order valence-electron chi connectivity index (χ0n) is 19.7. The molecule has 0 bridgehead atoms. The number of methoxy groups -OCH3 is 1. The summed E-state index contributed by atoms with van der Waals surface area (Å²) in [6.45, 7) is 7.60. The van der Waals surface area contributed by atoms with Crippen LogP contribution in [0.1, 0.15) is 33.1 Å². The highest BCUT2D eigenvalue weighted by Crippen LogP contribution is 2.34. The summed E-state index contributed by atoms with van der Waals surface area (Å²) < 4.78 is 16.3. The highest BCUT2D eigenvalue weighted by Gasteiger charge is 2.32. The fourth-order valence-corrected chi connectivity index (χ4v) is 3.19. The summed E-state index contributed by atoms with van der Waals surface area (Å²) >= 11 is 0. The van der Waals surface area contributed by atoms with E-state index >= 15 is 0 Å². The van der Waals surface area contributed by atoms with Crippen LogP contribution in [0.2, 0.25) is 0 Å². The topological polar surface area (TPSA) is 67.4 Å². The fraction of sp³-hybridized carbons (Fsp3) is 0.696. The van der Waals surface area contributed by atoms with Gasteiger partial charge in [0.25, 0.3) is 0 Å². The smallest absolute Gasteiger partial charge is 0.195 e. The van der Waals surface area contributed by atoms with Gasteiger partial charge >= 0.3 is 0 Å². The van der Waals surface area contributed by atoms with E-state index in [0.717, 1.165) is 42.8 Å². The lowest BCUT2D eigenvalue weighted by atomic mass is 10.2. The number of halogens is 1. The molecule has 0 aliphatic heterocycles. The molecular formula is C23H41IN4O3. The lowest BCUT2D eigenvalue weighted by molar-refractivity contribution is 0.0699. The van der Waals surface area contributed by atoms with E-state index in [0.29, 0.717) is 25.9 Å². The number of hydrogen-bond acceptors (Lipinski definition) is 5. The van der Waals surface area contributed by atoms with Crippen LogP contribution in [0.5, 0.6) is 5.75 Å². The first-order valence-electron chi connectivity index (χ1n) is 11.0. The molecule has 1 unspecified atom stereocenters. The number of anilines is 1. The normalized spacial score (nSPS) is 15.0. The number of hydrogen-bond donors (Lipinski definition) is 2. The van der Waals surface area contributed by atoms with E-state index < -0.39 is 0 Å². The predicted molar refractivity (Wildman–Crippen MR) is 139 cm³/mol. The first-order chi connectivity index (χ1) is 14.5. The minimum Gasteiger partial charge on any atom is -0.491 e. The molecule has 1 atom stereocenters. The zero-order valence-corrected chi connectivity index (χ0v) is 22.1. The molecule has 7 nitrogen and oxygen atoms in total. The Bertz CT molecular complexity index is 620. The third kappa shape index (κ3) is 11.9. The summed E-state index contributed by atoms with van der Waals surface area (Å²) in [6.07, 6.45) is 3.69. The second-order valence-corrected chi connectivity index (χ2v) is 8.26. The van der Waals surface area contributed by atoms with Gasteiger partial charge < -0.3 is 29.7 Å². The van der Waals surface area contributed by atoms with Gasteiger partial charge in [-0.1, -0.05) is 0 Å². The molecule has 2 rings (SSSR count). The van der Waals surface area contributed by atoms with Crippen LogP contribution in [-0.2, 0) is 9.47 Å². The average Bonchev–Trinajstić information content (AvgIpc) is 3.53. The maximum absolute atomic E-state index is 5.73. The van der Waals surface area contributed by atoms with Gasteiger partial charge in [0.15, 0.2) is 5.96 Å². The van der Waals surface area contributed by atoms with Crippen molar-refractivity contribution in [2.75, 3.05) is 59.4 Å². The molecule has 1 fully saturated rings. The van der Waals surface area contributed by atoms with Gasteiger partial charge in [0.1, 0.15) is 5.75 Å². The van der Waals surface area contributed by atoms with Crippen LogP contribution in [0.15, 0.2) is 29.3 Å². The van der Waals surface area contributed by atoms with Crippen molar-refractivity contribution in [2.24, 2.45) is 10.9 Å². The molecule has 0 aromatic heterocycles. The highest BCUT2D eigenvalue weighted by molar-refractivity contribution is 14.0. The van der Waals surface area contributed by atoms with Crippen LogP contribution in [-0.4, -0.2) is 77.1 Å². The molecule has 1 aromatic rings. The van der Waals surface area contributed by atoms with E-state index in [2.05, 4.69) is 29.6 Å². The van der Waals surface area contributed by atoms with Crippen LogP contribution >= 0.6 is 24.0 Å². The van der Waals surface area contributed by atoms with Crippen LogP contribution in [0.3, 0.4) is 0 Å². The van der Waals surface area contributed by atoms with Crippen molar-refractivity contribution in [3.8, 4) is 5.75 Å². The molecule has 0 spiro atoms. The zero-order chi connectivity index (χ0) is 21.8. The standard InChI is InChI=1S/C23H40N4O3.HI/c1-18(2)30-21-11-9-20(10-12-21)26-23(24-13-6-14-29-16-15-28-5)25-17-22(27(3)4)19-7-8-19;/h9-12,18-19,22H,6-8,13-17H2,1-5H3,(H2,24,25,26);1H. The quantitative estimate of drug-likeness (QED) is 0.160. The Kier molecular flexibility index (Phi) is 14.1. The molecule has 1 aliphatic rings. The van der Waals surface area contributed by atoms with Crippen LogP contribution in [0, 0.1) is 5.92 Å².